The van der Waals surface area contributed by atoms with Crippen LogP contribution < -0.4 is 0 Å². The Balaban J connectivity index is 6.41. The van der Waals surface area contributed by atoms with Crippen LogP contribution in [0.2, 0.25) is 0 Å². The summed E-state index contributed by atoms with van der Waals surface area (Å²) in [5.74, 6) is -0.0893. The standard InChI is InChI=1S/C9H22F2NO4PS2/c1-6-17(5,7-2,8-9(3)4)12(18(10,13)14)19(11,15)16/h9H,6-8H2,1-5H3. The molecule has 0 amide bonds. The molecule has 0 spiro atoms. The maximum absolute atomic E-state index is 13.4. The van der Waals surface area contributed by atoms with Crippen molar-refractivity contribution < 1.29 is 24.6 Å². The van der Waals surface area contributed by atoms with Gasteiger partial charge in [-0.1, -0.05) is 0 Å². The SMILES string of the molecule is CCP(C)(CC)(CC(C)C)N(S(=O)(=O)F)S(=O)(=O)F. The van der Waals surface area contributed by atoms with Gasteiger partial charge in [0.05, 0.1) is 0 Å². The molecule has 0 aromatic heterocycles. The molecular weight excluding hydrogens is 319 g/mol. The molecule has 118 valence electrons. The summed E-state index contributed by atoms with van der Waals surface area (Å²) in [6, 6.07) is 0. The van der Waals surface area contributed by atoms with Crippen molar-refractivity contribution in [1.29, 1.82) is 0 Å². The second-order valence-corrected chi connectivity index (χ2v) is 15.2. The van der Waals surface area contributed by atoms with Crippen LogP contribution in [0.3, 0.4) is 0 Å². The summed E-state index contributed by atoms with van der Waals surface area (Å²) in [7, 11) is -11.4. The molecule has 0 rings (SSSR count). The van der Waals surface area contributed by atoms with E-state index >= 15 is 0 Å². The molecule has 0 radical (unpaired) electrons. The zero-order chi connectivity index (χ0) is 15.7. The van der Waals surface area contributed by atoms with Gasteiger partial charge in [-0.3, -0.25) is 0 Å². The fraction of sp³-hybridized carbons (Fsp3) is 1.00. The van der Waals surface area contributed by atoms with Crippen molar-refractivity contribution in [3.8, 4) is 0 Å². The first-order chi connectivity index (χ1) is 8.21. The van der Waals surface area contributed by atoms with Gasteiger partial charge < -0.3 is 0 Å². The van der Waals surface area contributed by atoms with Crippen LogP contribution in [-0.2, 0) is 20.8 Å². The van der Waals surface area contributed by atoms with Gasteiger partial charge in [0.2, 0.25) is 0 Å². The van der Waals surface area contributed by atoms with Gasteiger partial charge in [0.15, 0.2) is 0 Å². The Labute approximate surface area is 115 Å². The molecule has 0 saturated carbocycles. The Morgan fingerprint density at radius 1 is 1.00 bits per heavy atom. The summed E-state index contributed by atoms with van der Waals surface area (Å²) in [5, 5.41) is 0. The molecule has 0 atom stereocenters. The topological polar surface area (TPSA) is 71.5 Å². The molecule has 19 heavy (non-hydrogen) atoms. The zero-order valence-corrected chi connectivity index (χ0v) is 14.3. The summed E-state index contributed by atoms with van der Waals surface area (Å²) in [4.78, 5) is 0. The van der Waals surface area contributed by atoms with Gasteiger partial charge in [0, 0.05) is 0 Å². The molecular formula is C9H22F2NO4PS2. The maximum atomic E-state index is 13.4. The minimum absolute atomic E-state index is 0.0893. The van der Waals surface area contributed by atoms with E-state index in [1.807, 2.05) is 0 Å². The molecule has 0 N–H and O–H groups in total. The van der Waals surface area contributed by atoms with E-state index in [1.165, 1.54) is 6.66 Å². The molecule has 0 fully saturated rings. The van der Waals surface area contributed by atoms with Crippen molar-refractivity contribution in [3.63, 3.8) is 0 Å². The predicted molar refractivity (Wildman–Crippen MR) is 75.5 cm³/mol. The minimum atomic E-state index is -5.68. The molecule has 0 aromatic rings. The van der Waals surface area contributed by atoms with Gasteiger partial charge in [0.1, 0.15) is 0 Å². The van der Waals surface area contributed by atoms with E-state index < -0.39 is 31.1 Å². The van der Waals surface area contributed by atoms with Gasteiger partial charge in [-0.25, -0.2) is 0 Å². The number of halogens is 2. The molecule has 0 aliphatic carbocycles. The molecule has 10 heteroatoms. The predicted octanol–water partition coefficient (Wildman–Crippen LogP) is 2.51. The van der Waals surface area contributed by atoms with Crippen molar-refractivity contribution in [1.82, 2.24) is 3.48 Å². The monoisotopic (exact) mass is 341 g/mol. The second kappa shape index (κ2) is 5.50. The number of nitrogens with zero attached hydrogens (tertiary/aromatic N) is 1. The first kappa shape index (κ1) is 19.1. The summed E-state index contributed by atoms with van der Waals surface area (Å²) < 4.78 is 71.2. The van der Waals surface area contributed by atoms with E-state index in [-0.39, 0.29) is 24.4 Å². The van der Waals surface area contributed by atoms with Crippen LogP contribution in [0, 0.1) is 5.92 Å². The Kier molecular flexibility index (Phi) is 5.55. The Bertz CT molecular complexity index is 496. The van der Waals surface area contributed by atoms with E-state index in [0.29, 0.717) is 0 Å². The number of rotatable bonds is 7. The third-order valence-electron chi connectivity index (χ3n) is 3.58. The first-order valence-electron chi connectivity index (χ1n) is 5.91. The molecule has 0 heterocycles. The van der Waals surface area contributed by atoms with Crippen LogP contribution >= 0.6 is 6.75 Å². The van der Waals surface area contributed by atoms with Crippen LogP contribution in [0.15, 0.2) is 0 Å². The van der Waals surface area contributed by atoms with E-state index in [2.05, 4.69) is 0 Å². The van der Waals surface area contributed by atoms with E-state index in [0.717, 1.165) is 0 Å². The number of hydrogen-bond acceptors (Lipinski definition) is 4. The van der Waals surface area contributed by atoms with Crippen molar-refractivity contribution in [2.45, 2.75) is 27.7 Å². The molecule has 0 saturated heterocycles. The molecule has 5 nitrogen and oxygen atoms in total. The third-order valence-corrected chi connectivity index (χ3v) is 16.0. The van der Waals surface area contributed by atoms with Gasteiger partial charge in [0.25, 0.3) is 0 Å². The summed E-state index contributed by atoms with van der Waals surface area (Å²) in [6.45, 7) is 4.24. The van der Waals surface area contributed by atoms with Crippen LogP contribution in [-0.4, -0.2) is 45.5 Å². The van der Waals surface area contributed by atoms with Crippen LogP contribution in [0.5, 0.6) is 0 Å². The van der Waals surface area contributed by atoms with Crippen LogP contribution in [0.25, 0.3) is 0 Å². The third kappa shape index (κ3) is 4.06. The molecule has 0 bridgehead atoms. The van der Waals surface area contributed by atoms with Crippen molar-refractivity contribution in [3.05, 3.63) is 0 Å². The summed E-state index contributed by atoms with van der Waals surface area (Å²) in [6.07, 6.45) is 0.323. The van der Waals surface area contributed by atoms with Crippen molar-refractivity contribution in [2.75, 3.05) is 25.2 Å². The Morgan fingerprint density at radius 3 is 1.47 bits per heavy atom. The quantitative estimate of drug-likeness (QED) is 0.527. The molecule has 0 aliphatic heterocycles. The molecule has 0 unspecified atom stereocenters. The van der Waals surface area contributed by atoms with Crippen molar-refractivity contribution in [2.24, 2.45) is 5.92 Å². The zero-order valence-electron chi connectivity index (χ0n) is 11.8. The van der Waals surface area contributed by atoms with E-state index in [4.69, 9.17) is 0 Å². The van der Waals surface area contributed by atoms with Gasteiger partial charge >= 0.3 is 114 Å². The van der Waals surface area contributed by atoms with Crippen LogP contribution in [0.1, 0.15) is 27.7 Å². The summed E-state index contributed by atoms with van der Waals surface area (Å²) in [5.41, 5.74) is 0. The van der Waals surface area contributed by atoms with Gasteiger partial charge in [-0.05, 0) is 0 Å². The molecule has 0 aromatic carbocycles. The Hall–Kier alpha value is 0.150. The fourth-order valence-corrected chi connectivity index (χ4v) is 13.7. The number of hydrogen-bond donors (Lipinski definition) is 0. The van der Waals surface area contributed by atoms with Gasteiger partial charge in [-0.2, -0.15) is 0 Å². The van der Waals surface area contributed by atoms with E-state index in [1.54, 1.807) is 27.7 Å². The van der Waals surface area contributed by atoms with E-state index in [9.17, 15) is 24.6 Å². The van der Waals surface area contributed by atoms with Gasteiger partial charge in [-0.15, -0.1) is 0 Å². The fourth-order valence-electron chi connectivity index (χ4n) is 2.54. The first-order valence-corrected chi connectivity index (χ1v) is 11.8. The average Bonchev–Trinajstić information content (AvgIpc) is 2.12. The van der Waals surface area contributed by atoms with Crippen molar-refractivity contribution >= 4 is 27.6 Å². The Morgan fingerprint density at radius 2 is 1.32 bits per heavy atom. The normalized spacial score (nSPS) is 16.6. The second-order valence-electron chi connectivity index (χ2n) is 5.51. The molecule has 0 aliphatic rings. The summed E-state index contributed by atoms with van der Waals surface area (Å²) >= 11 is 0. The van der Waals surface area contributed by atoms with Crippen LogP contribution in [0.4, 0.5) is 7.77 Å². The average molecular weight is 341 g/mol.